The van der Waals surface area contributed by atoms with Crippen molar-refractivity contribution < 1.29 is 45.3 Å². The van der Waals surface area contributed by atoms with Crippen molar-refractivity contribution in [3.8, 4) is 39.8 Å². The van der Waals surface area contributed by atoms with E-state index in [9.17, 15) is 41.5 Å². The van der Waals surface area contributed by atoms with Gasteiger partial charge in [-0.05, 0) is 48.5 Å². The standard InChI is InChI=1S/C22H24N4O7S2.C19H16ClFN4O4S2/c1-31-19-12-15(13-20(32-2)21(19)33-3)18-14-34-22(23-18)24-8-10-25(11-9-24)35(29,30)17-6-4-16(5-7-17)26(27)28;20-16-6-1-13(11-17(16)21)18-12-30-19(22-18)23-7-9-24(10-8-23)31(28,29)15-4-2-14(3-5-15)25(26)27/h4-7,12-14H,8-11H2,1-3H3;1-6,11-12H,7-10H2. The molecule has 0 atom stereocenters. The highest BCUT2D eigenvalue weighted by Gasteiger charge is 2.32. The van der Waals surface area contributed by atoms with Crippen LogP contribution < -0.4 is 24.0 Å². The van der Waals surface area contributed by atoms with Crippen LogP contribution in [-0.4, -0.2) is 119 Å². The number of piperazine rings is 2. The van der Waals surface area contributed by atoms with Crippen LogP contribution in [0.25, 0.3) is 22.5 Å². The number of sulfonamides is 2. The van der Waals surface area contributed by atoms with Gasteiger partial charge >= 0.3 is 0 Å². The normalized spacial score (nSPS) is 14.9. The molecule has 8 rings (SSSR count). The quantitative estimate of drug-likeness (QED) is 0.0820. The Kier molecular flexibility index (Phi) is 14.7. The summed E-state index contributed by atoms with van der Waals surface area (Å²) in [6.07, 6.45) is 0. The maximum Gasteiger partial charge on any atom is 0.269 e. The number of nitro benzene ring substituents is 2. The fourth-order valence-electron chi connectivity index (χ4n) is 6.99. The monoisotopic (exact) mass is 1000 g/mol. The van der Waals surface area contributed by atoms with Gasteiger partial charge in [0.2, 0.25) is 25.8 Å². The average molecular weight is 1000 g/mol. The van der Waals surface area contributed by atoms with Crippen LogP contribution in [0.15, 0.2) is 99.4 Å². The number of anilines is 2. The van der Waals surface area contributed by atoms with E-state index < -0.39 is 35.7 Å². The highest BCUT2D eigenvalue weighted by Crippen LogP contribution is 2.42. The Hall–Kier alpha value is -6.02. The molecule has 66 heavy (non-hydrogen) atoms. The van der Waals surface area contributed by atoms with Crippen molar-refractivity contribution in [1.29, 1.82) is 0 Å². The summed E-state index contributed by atoms with van der Waals surface area (Å²) < 4.78 is 84.3. The van der Waals surface area contributed by atoms with Crippen LogP contribution in [0.4, 0.5) is 26.0 Å². The van der Waals surface area contributed by atoms with Gasteiger partial charge in [0.25, 0.3) is 11.4 Å². The molecule has 348 valence electrons. The molecule has 0 saturated carbocycles. The number of nitrogens with zero attached hydrogens (tertiary/aromatic N) is 8. The lowest BCUT2D eigenvalue weighted by molar-refractivity contribution is -0.385. The number of hydrogen-bond donors (Lipinski definition) is 0. The maximum absolute atomic E-state index is 13.7. The van der Waals surface area contributed by atoms with Gasteiger partial charge in [0.15, 0.2) is 21.8 Å². The van der Waals surface area contributed by atoms with E-state index >= 15 is 0 Å². The predicted octanol–water partition coefficient (Wildman–Crippen LogP) is 7.28. The topological polar surface area (TPSA) is 221 Å². The summed E-state index contributed by atoms with van der Waals surface area (Å²) in [7, 11) is -2.84. The lowest BCUT2D eigenvalue weighted by Crippen LogP contribution is -2.48. The van der Waals surface area contributed by atoms with Crippen molar-refractivity contribution in [3.63, 3.8) is 0 Å². The first-order valence-electron chi connectivity index (χ1n) is 19.7. The molecule has 0 N–H and O–H groups in total. The van der Waals surface area contributed by atoms with Gasteiger partial charge in [-0.2, -0.15) is 8.61 Å². The molecule has 2 fully saturated rings. The van der Waals surface area contributed by atoms with Gasteiger partial charge < -0.3 is 24.0 Å². The van der Waals surface area contributed by atoms with Crippen LogP contribution in [-0.2, 0) is 20.0 Å². The minimum absolute atomic E-state index is 0.0212. The Balaban J connectivity index is 0.000000198. The fourth-order valence-corrected chi connectivity index (χ4v) is 11.7. The van der Waals surface area contributed by atoms with Gasteiger partial charge in [0, 0.05) is 98.5 Å². The third kappa shape index (κ3) is 10.3. The minimum atomic E-state index is -3.74. The van der Waals surface area contributed by atoms with Crippen LogP contribution in [0.5, 0.6) is 17.2 Å². The first-order valence-corrected chi connectivity index (χ1v) is 24.7. The van der Waals surface area contributed by atoms with E-state index in [2.05, 4.69) is 4.98 Å². The fraction of sp³-hybridized carbons (Fsp3) is 0.268. The second-order valence-electron chi connectivity index (χ2n) is 14.4. The molecule has 0 unspecified atom stereocenters. The minimum Gasteiger partial charge on any atom is -0.493 e. The van der Waals surface area contributed by atoms with Crippen LogP contribution in [0.3, 0.4) is 0 Å². The van der Waals surface area contributed by atoms with Gasteiger partial charge in [-0.15, -0.1) is 22.7 Å². The zero-order valence-corrected chi connectivity index (χ0v) is 39.3. The summed E-state index contributed by atoms with van der Waals surface area (Å²) in [5.74, 6) is 1.04. The number of thiazole rings is 2. The van der Waals surface area contributed by atoms with E-state index in [4.69, 9.17) is 30.8 Å². The van der Waals surface area contributed by atoms with E-state index in [0.717, 1.165) is 21.5 Å². The average Bonchev–Trinajstić information content (AvgIpc) is 4.04. The molecule has 25 heteroatoms. The number of aromatic nitrogens is 2. The molecule has 6 aromatic rings. The number of nitro groups is 2. The third-order valence-electron chi connectivity index (χ3n) is 10.5. The van der Waals surface area contributed by atoms with Crippen molar-refractivity contribution in [2.24, 2.45) is 0 Å². The Morgan fingerprint density at radius 1 is 0.606 bits per heavy atom. The predicted molar refractivity (Wildman–Crippen MR) is 248 cm³/mol. The highest BCUT2D eigenvalue weighted by atomic mass is 35.5. The molecule has 2 aliphatic heterocycles. The third-order valence-corrected chi connectivity index (χ3v) is 16.5. The van der Waals surface area contributed by atoms with Crippen molar-refractivity contribution in [1.82, 2.24) is 18.6 Å². The Morgan fingerprint density at radius 2 is 1.02 bits per heavy atom. The van der Waals surface area contributed by atoms with E-state index in [1.165, 1.54) is 91.9 Å². The number of rotatable bonds is 13. The molecule has 19 nitrogen and oxygen atoms in total. The smallest absolute Gasteiger partial charge is 0.269 e. The van der Waals surface area contributed by atoms with Crippen LogP contribution in [0, 0.1) is 26.0 Å². The lowest BCUT2D eigenvalue weighted by Gasteiger charge is -2.33. The van der Waals surface area contributed by atoms with Crippen molar-refractivity contribution in [3.05, 3.63) is 121 Å². The van der Waals surface area contributed by atoms with Gasteiger partial charge in [-0.3, -0.25) is 20.2 Å². The van der Waals surface area contributed by atoms with Crippen LogP contribution in [0.1, 0.15) is 0 Å². The summed E-state index contributed by atoms with van der Waals surface area (Å²) >= 11 is 8.59. The van der Waals surface area contributed by atoms with E-state index in [0.29, 0.717) is 54.7 Å². The molecule has 0 aliphatic carbocycles. The van der Waals surface area contributed by atoms with Crippen molar-refractivity contribution >= 4 is 76.0 Å². The first-order chi connectivity index (χ1) is 31.5. The molecule has 0 radical (unpaired) electrons. The number of non-ortho nitro benzene ring substituents is 2. The molecule has 4 aromatic carbocycles. The van der Waals surface area contributed by atoms with Crippen LogP contribution >= 0.6 is 34.3 Å². The van der Waals surface area contributed by atoms with Gasteiger partial charge in [-0.25, -0.2) is 31.2 Å². The molecule has 2 saturated heterocycles. The Morgan fingerprint density at radius 3 is 1.38 bits per heavy atom. The summed E-state index contributed by atoms with van der Waals surface area (Å²) in [5, 5.41) is 26.9. The van der Waals surface area contributed by atoms with Crippen molar-refractivity contribution in [2.45, 2.75) is 9.79 Å². The van der Waals surface area contributed by atoms with E-state index in [1.54, 1.807) is 27.4 Å². The van der Waals surface area contributed by atoms with E-state index in [1.807, 2.05) is 32.7 Å². The second kappa shape index (κ2) is 20.2. The molecule has 0 bridgehead atoms. The van der Waals surface area contributed by atoms with Crippen LogP contribution in [0.2, 0.25) is 5.02 Å². The molecular formula is C41H40ClFN8O11S4. The summed E-state index contributed by atoms with van der Waals surface area (Å²) in [5.41, 5.74) is 2.47. The molecular weight excluding hydrogens is 963 g/mol. The van der Waals surface area contributed by atoms with Gasteiger partial charge in [0.05, 0.1) is 57.4 Å². The Bertz CT molecular complexity index is 2920. The van der Waals surface area contributed by atoms with Gasteiger partial charge in [-0.1, -0.05) is 17.7 Å². The highest BCUT2D eigenvalue weighted by molar-refractivity contribution is 7.89. The zero-order chi connectivity index (χ0) is 47.3. The van der Waals surface area contributed by atoms with E-state index in [-0.39, 0.29) is 52.4 Å². The molecule has 0 spiro atoms. The lowest BCUT2D eigenvalue weighted by atomic mass is 10.1. The maximum atomic E-state index is 13.7. The molecule has 2 aliphatic rings. The summed E-state index contributed by atoms with van der Waals surface area (Å²) in [6, 6.07) is 17.9. The number of methoxy groups -OCH3 is 3. The second-order valence-corrected chi connectivity index (χ2v) is 20.3. The zero-order valence-electron chi connectivity index (χ0n) is 35.3. The molecule has 4 heterocycles. The van der Waals surface area contributed by atoms with Crippen molar-refractivity contribution in [2.75, 3.05) is 83.5 Å². The number of hydrogen-bond acceptors (Lipinski definition) is 17. The number of ether oxygens (including phenoxy) is 3. The molecule has 2 aromatic heterocycles. The Labute approximate surface area is 391 Å². The number of halogens is 2. The number of benzene rings is 4. The summed E-state index contributed by atoms with van der Waals surface area (Å²) in [6.45, 7) is 2.87. The first kappa shape index (κ1) is 47.9. The SMILES string of the molecule is COc1cc(-c2csc(N3CCN(S(=O)(=O)c4ccc([N+](=O)[O-])cc4)CC3)n2)cc(OC)c1OC.O=[N+]([O-])c1ccc(S(=O)(=O)N2CCN(c3nc(-c4ccc(Cl)c(F)c4)cs3)CC2)cc1. The summed E-state index contributed by atoms with van der Waals surface area (Å²) in [4.78, 5) is 33.8. The largest absolute Gasteiger partial charge is 0.493 e. The molecule has 0 amide bonds. The van der Waals surface area contributed by atoms with Gasteiger partial charge in [0.1, 0.15) is 5.82 Å².